The summed E-state index contributed by atoms with van der Waals surface area (Å²) >= 11 is 0. The standard InChI is InChI=1S/C18H15N3O6/c22-16(23)15-12-7-6-11(27-17(24)19-10-4-2-1-3-5-10)8-13(12)14-9-20(15)18(25)21(14)26/h1-8,14-15,26H,9H2,(H,19,24)(H,22,23)/t14-,15?/m1/s1. The van der Waals surface area contributed by atoms with E-state index in [9.17, 15) is 24.7 Å². The highest BCUT2D eigenvalue weighted by Crippen LogP contribution is 2.44. The highest BCUT2D eigenvalue weighted by Gasteiger charge is 2.50. The molecule has 2 aliphatic rings. The molecule has 0 spiro atoms. The van der Waals surface area contributed by atoms with Gasteiger partial charge in [-0.25, -0.2) is 14.4 Å². The van der Waals surface area contributed by atoms with Crippen molar-refractivity contribution in [1.29, 1.82) is 0 Å². The zero-order valence-corrected chi connectivity index (χ0v) is 13.9. The third-order valence-electron chi connectivity index (χ3n) is 4.59. The molecule has 0 aromatic heterocycles. The fraction of sp³-hybridized carbons (Fsp3) is 0.167. The van der Waals surface area contributed by atoms with Crippen LogP contribution in [-0.2, 0) is 4.79 Å². The Hall–Kier alpha value is -3.59. The zero-order valence-electron chi connectivity index (χ0n) is 13.9. The van der Waals surface area contributed by atoms with Crippen LogP contribution < -0.4 is 10.1 Å². The number of ether oxygens (including phenoxy) is 1. The van der Waals surface area contributed by atoms with Crippen LogP contribution in [0.3, 0.4) is 0 Å². The lowest BCUT2D eigenvalue weighted by Crippen LogP contribution is -2.38. The summed E-state index contributed by atoms with van der Waals surface area (Å²) in [5.74, 6) is -1.03. The lowest BCUT2D eigenvalue weighted by molar-refractivity contribution is -0.142. The molecule has 1 saturated heterocycles. The summed E-state index contributed by atoms with van der Waals surface area (Å²) in [7, 11) is 0. The second-order valence-electron chi connectivity index (χ2n) is 6.21. The van der Waals surface area contributed by atoms with Gasteiger partial charge in [0.25, 0.3) is 0 Å². The minimum atomic E-state index is -1.20. The molecule has 0 radical (unpaired) electrons. The third kappa shape index (κ3) is 2.83. The van der Waals surface area contributed by atoms with Gasteiger partial charge in [-0.2, -0.15) is 5.06 Å². The first-order valence-electron chi connectivity index (χ1n) is 8.15. The van der Waals surface area contributed by atoms with E-state index in [1.807, 2.05) is 6.07 Å². The molecule has 138 valence electrons. The second kappa shape index (κ2) is 6.29. The molecule has 2 bridgehead atoms. The van der Waals surface area contributed by atoms with E-state index in [0.717, 1.165) is 4.90 Å². The number of urea groups is 1. The molecule has 4 rings (SSSR count). The topological polar surface area (TPSA) is 119 Å². The van der Waals surface area contributed by atoms with E-state index in [2.05, 4.69) is 5.32 Å². The molecule has 2 atom stereocenters. The molecular formula is C18H15N3O6. The number of amides is 3. The molecule has 9 heteroatoms. The molecule has 3 N–H and O–H groups in total. The SMILES string of the molecule is O=C(Nc1ccccc1)Oc1ccc2c(c1)[C@H]1CN(C(=O)N1O)C2C(=O)O. The van der Waals surface area contributed by atoms with Crippen molar-refractivity contribution in [3.63, 3.8) is 0 Å². The van der Waals surface area contributed by atoms with E-state index in [1.54, 1.807) is 24.3 Å². The number of hydrogen-bond acceptors (Lipinski definition) is 5. The normalized spacial score (nSPS) is 20.3. The summed E-state index contributed by atoms with van der Waals surface area (Å²) in [6.07, 6.45) is -0.711. The fourth-order valence-corrected chi connectivity index (χ4v) is 3.41. The van der Waals surface area contributed by atoms with Crippen LogP contribution in [0.4, 0.5) is 15.3 Å². The Morgan fingerprint density at radius 2 is 1.85 bits per heavy atom. The molecule has 2 aromatic carbocycles. The van der Waals surface area contributed by atoms with Gasteiger partial charge >= 0.3 is 18.1 Å². The van der Waals surface area contributed by atoms with Crippen molar-refractivity contribution in [2.45, 2.75) is 12.1 Å². The molecule has 1 fully saturated rings. The van der Waals surface area contributed by atoms with Gasteiger partial charge in [0.1, 0.15) is 11.8 Å². The Balaban J connectivity index is 1.61. The van der Waals surface area contributed by atoms with Crippen LogP contribution in [0, 0.1) is 0 Å². The molecule has 9 nitrogen and oxygen atoms in total. The van der Waals surface area contributed by atoms with E-state index in [1.165, 1.54) is 18.2 Å². The number of rotatable bonds is 3. The summed E-state index contributed by atoms with van der Waals surface area (Å²) in [5, 5.41) is 22.6. The van der Waals surface area contributed by atoms with Crippen molar-refractivity contribution in [3.05, 3.63) is 59.7 Å². The van der Waals surface area contributed by atoms with Crippen molar-refractivity contribution < 1.29 is 29.4 Å². The van der Waals surface area contributed by atoms with Gasteiger partial charge < -0.3 is 14.7 Å². The molecule has 27 heavy (non-hydrogen) atoms. The van der Waals surface area contributed by atoms with Crippen molar-refractivity contribution in [1.82, 2.24) is 9.96 Å². The lowest BCUT2D eigenvalue weighted by atomic mass is 9.91. The van der Waals surface area contributed by atoms with Gasteiger partial charge in [-0.15, -0.1) is 0 Å². The third-order valence-corrected chi connectivity index (χ3v) is 4.59. The quantitative estimate of drug-likeness (QED) is 0.716. The molecule has 2 heterocycles. The number of carboxylic acid groups (broad SMARTS) is 1. The van der Waals surface area contributed by atoms with Crippen LogP contribution in [-0.4, -0.2) is 44.9 Å². The Kier molecular flexibility index (Phi) is 3.93. The first-order valence-corrected chi connectivity index (χ1v) is 8.15. The molecule has 3 amide bonds. The summed E-state index contributed by atoms with van der Waals surface area (Å²) in [6.45, 7) is 0.0406. The number of fused-ring (bicyclic) bond motifs is 4. The molecular weight excluding hydrogens is 354 g/mol. The summed E-state index contributed by atoms with van der Waals surface area (Å²) < 4.78 is 5.25. The predicted molar refractivity (Wildman–Crippen MR) is 91.4 cm³/mol. The van der Waals surface area contributed by atoms with Gasteiger partial charge in [-0.05, 0) is 35.4 Å². The maximum absolute atomic E-state index is 12.1. The van der Waals surface area contributed by atoms with Crippen LogP contribution in [0.2, 0.25) is 0 Å². The van der Waals surface area contributed by atoms with Crippen molar-refractivity contribution >= 4 is 23.8 Å². The number of nitrogens with one attached hydrogen (secondary N) is 1. The number of benzene rings is 2. The first-order chi connectivity index (χ1) is 13.0. The number of anilines is 1. The van der Waals surface area contributed by atoms with E-state index in [-0.39, 0.29) is 12.3 Å². The number of nitrogens with zero attached hydrogens (tertiary/aromatic N) is 2. The molecule has 0 aliphatic carbocycles. The van der Waals surface area contributed by atoms with E-state index < -0.39 is 30.2 Å². The van der Waals surface area contributed by atoms with E-state index in [4.69, 9.17) is 4.74 Å². The summed E-state index contributed by atoms with van der Waals surface area (Å²) in [4.78, 5) is 36.9. The Labute approximate surface area is 153 Å². The van der Waals surface area contributed by atoms with Crippen molar-refractivity contribution in [2.24, 2.45) is 0 Å². The largest absolute Gasteiger partial charge is 0.479 e. The lowest BCUT2D eigenvalue weighted by Gasteiger charge is -2.30. The van der Waals surface area contributed by atoms with Crippen LogP contribution >= 0.6 is 0 Å². The van der Waals surface area contributed by atoms with Gasteiger partial charge in [0, 0.05) is 5.69 Å². The van der Waals surface area contributed by atoms with E-state index in [0.29, 0.717) is 21.9 Å². The minimum absolute atomic E-state index is 0.0406. The number of carbonyl (C=O) groups excluding carboxylic acids is 2. The number of carbonyl (C=O) groups is 3. The number of aliphatic carboxylic acids is 1. The number of hydroxylamine groups is 2. The number of hydrogen-bond donors (Lipinski definition) is 3. The smallest absolute Gasteiger partial charge is 0.417 e. The molecule has 1 unspecified atom stereocenters. The maximum atomic E-state index is 12.1. The second-order valence-corrected chi connectivity index (χ2v) is 6.21. The first kappa shape index (κ1) is 16.9. The minimum Gasteiger partial charge on any atom is -0.479 e. The monoisotopic (exact) mass is 369 g/mol. The van der Waals surface area contributed by atoms with Crippen molar-refractivity contribution in [2.75, 3.05) is 11.9 Å². The summed E-state index contributed by atoms with van der Waals surface area (Å²) in [5.41, 5.74) is 1.36. The van der Waals surface area contributed by atoms with Crippen LogP contribution in [0.15, 0.2) is 48.5 Å². The zero-order chi connectivity index (χ0) is 19.1. The Bertz CT molecular complexity index is 932. The fourth-order valence-electron chi connectivity index (χ4n) is 3.41. The average Bonchev–Trinajstić information content (AvgIpc) is 2.89. The van der Waals surface area contributed by atoms with Crippen molar-refractivity contribution in [3.8, 4) is 5.75 Å². The van der Waals surface area contributed by atoms with Gasteiger partial charge in [-0.1, -0.05) is 24.3 Å². The van der Waals surface area contributed by atoms with Gasteiger partial charge in [0.05, 0.1) is 6.54 Å². The average molecular weight is 369 g/mol. The highest BCUT2D eigenvalue weighted by atomic mass is 16.6. The van der Waals surface area contributed by atoms with E-state index >= 15 is 0 Å². The van der Waals surface area contributed by atoms with Crippen LogP contribution in [0.5, 0.6) is 5.75 Å². The summed E-state index contributed by atoms with van der Waals surface area (Å²) in [6, 6.07) is 10.5. The molecule has 2 aliphatic heterocycles. The Morgan fingerprint density at radius 3 is 2.56 bits per heavy atom. The highest BCUT2D eigenvalue weighted by molar-refractivity contribution is 5.88. The van der Waals surface area contributed by atoms with Gasteiger partial charge in [0.2, 0.25) is 0 Å². The number of para-hydroxylation sites is 1. The molecule has 0 saturated carbocycles. The van der Waals surface area contributed by atoms with Gasteiger partial charge in [-0.3, -0.25) is 10.5 Å². The van der Waals surface area contributed by atoms with Gasteiger partial charge in [0.15, 0.2) is 6.04 Å². The predicted octanol–water partition coefficient (Wildman–Crippen LogP) is 2.60. The Morgan fingerprint density at radius 1 is 1.11 bits per heavy atom. The molecule has 2 aromatic rings. The van der Waals surface area contributed by atoms with Crippen LogP contribution in [0.1, 0.15) is 23.2 Å². The maximum Gasteiger partial charge on any atom is 0.417 e. The number of carboxylic acids is 1. The van der Waals surface area contributed by atoms with Crippen LogP contribution in [0.25, 0.3) is 0 Å².